The van der Waals surface area contributed by atoms with E-state index < -0.39 is 48.7 Å². The first-order chi connectivity index (χ1) is 22.0. The second-order valence-electron chi connectivity index (χ2n) is 11.9. The number of H-pyrrole nitrogens is 1. The number of nitrogens with one attached hydrogen (secondary N) is 3. The third-order valence-electron chi connectivity index (χ3n) is 8.62. The van der Waals surface area contributed by atoms with Crippen molar-refractivity contribution in [2.45, 2.75) is 57.0 Å². The number of aromatic amines is 1. The van der Waals surface area contributed by atoms with Crippen LogP contribution in [0.3, 0.4) is 0 Å². The highest BCUT2D eigenvalue weighted by atomic mass is 31.2. The smallest absolute Gasteiger partial charge is 0.408 e. The van der Waals surface area contributed by atoms with Gasteiger partial charge < -0.3 is 35.5 Å². The average Bonchev–Trinajstić information content (AvgIpc) is 3.68. The van der Waals surface area contributed by atoms with Crippen LogP contribution >= 0.6 is 7.37 Å². The number of para-hydroxylation sites is 1. The molecule has 1 fully saturated rings. The van der Waals surface area contributed by atoms with Gasteiger partial charge in [0.2, 0.25) is 13.3 Å². The summed E-state index contributed by atoms with van der Waals surface area (Å²) in [4.78, 5) is 53.8. The van der Waals surface area contributed by atoms with Crippen molar-refractivity contribution in [3.05, 3.63) is 102 Å². The number of aromatic nitrogens is 1. The van der Waals surface area contributed by atoms with E-state index in [0.717, 1.165) is 22.0 Å². The summed E-state index contributed by atoms with van der Waals surface area (Å²) in [6.45, 7) is -0.0479. The van der Waals surface area contributed by atoms with Gasteiger partial charge in [-0.1, -0.05) is 73.5 Å². The van der Waals surface area contributed by atoms with Crippen molar-refractivity contribution >= 4 is 36.2 Å². The van der Waals surface area contributed by atoms with Crippen LogP contribution in [0.1, 0.15) is 42.4 Å². The summed E-state index contributed by atoms with van der Waals surface area (Å²) in [7, 11) is -4.34. The quantitative estimate of drug-likeness (QED) is 0.106. The summed E-state index contributed by atoms with van der Waals surface area (Å²) < 4.78 is 19.6. The van der Waals surface area contributed by atoms with E-state index in [4.69, 9.17) is 4.74 Å². The van der Waals surface area contributed by atoms with Crippen molar-refractivity contribution in [3.8, 4) is 5.75 Å². The fourth-order valence-corrected chi connectivity index (χ4v) is 8.49. The maximum absolute atomic E-state index is 14.2. The predicted molar refractivity (Wildman–Crippen MR) is 173 cm³/mol. The van der Waals surface area contributed by atoms with Gasteiger partial charge in [0, 0.05) is 36.1 Å². The van der Waals surface area contributed by atoms with Gasteiger partial charge in [0.1, 0.15) is 24.2 Å². The fourth-order valence-electron chi connectivity index (χ4n) is 6.14. The third kappa shape index (κ3) is 7.97. The zero-order valence-electron chi connectivity index (χ0n) is 25.2. The van der Waals surface area contributed by atoms with Gasteiger partial charge in [0.05, 0.1) is 5.41 Å². The first-order valence-electron chi connectivity index (χ1n) is 15.2. The van der Waals surface area contributed by atoms with Crippen molar-refractivity contribution < 1.29 is 38.8 Å². The molecule has 46 heavy (non-hydrogen) atoms. The zero-order valence-corrected chi connectivity index (χ0v) is 26.1. The van der Waals surface area contributed by atoms with E-state index in [9.17, 15) is 34.1 Å². The minimum Gasteiger partial charge on any atom is -0.508 e. The van der Waals surface area contributed by atoms with Crippen LogP contribution in [-0.2, 0) is 38.3 Å². The molecule has 11 nitrogen and oxygen atoms in total. The molecule has 242 valence electrons. The highest BCUT2D eigenvalue weighted by Gasteiger charge is 2.49. The zero-order chi connectivity index (χ0) is 32.7. The van der Waals surface area contributed by atoms with Gasteiger partial charge in [-0.3, -0.25) is 9.36 Å². The summed E-state index contributed by atoms with van der Waals surface area (Å²) in [5.41, 5.74) is 1.58. The molecule has 0 aliphatic heterocycles. The molecule has 12 heteroatoms. The molecule has 0 spiro atoms. The van der Waals surface area contributed by atoms with Crippen LogP contribution in [-0.4, -0.2) is 56.0 Å². The van der Waals surface area contributed by atoms with Crippen molar-refractivity contribution in [2.24, 2.45) is 5.41 Å². The van der Waals surface area contributed by atoms with Crippen LogP contribution in [0.15, 0.2) is 85.1 Å². The molecule has 5 rings (SSSR count). The molecule has 6 N–H and O–H groups in total. The highest BCUT2D eigenvalue weighted by molar-refractivity contribution is 7.58. The summed E-state index contributed by atoms with van der Waals surface area (Å²) in [6.07, 6.45) is 2.19. The van der Waals surface area contributed by atoms with Crippen molar-refractivity contribution in [1.29, 1.82) is 0 Å². The number of hydrogen-bond donors (Lipinski definition) is 6. The van der Waals surface area contributed by atoms with Gasteiger partial charge in [0.25, 0.3) is 0 Å². The lowest BCUT2D eigenvalue weighted by Gasteiger charge is -2.34. The number of carbonyl (C=O) groups is 3. The number of hydrogen-bond acceptors (Lipinski definition) is 6. The van der Waals surface area contributed by atoms with Crippen molar-refractivity contribution in [3.63, 3.8) is 0 Å². The molecule has 2 amide bonds. The number of carboxylic acid groups (broad SMARTS) is 1. The lowest BCUT2D eigenvalue weighted by molar-refractivity contribution is -0.143. The molecule has 0 saturated heterocycles. The number of alkyl carbamates (subject to hydrolysis) is 1. The van der Waals surface area contributed by atoms with E-state index in [1.807, 2.05) is 30.3 Å². The van der Waals surface area contributed by atoms with Crippen LogP contribution < -0.4 is 10.6 Å². The van der Waals surface area contributed by atoms with E-state index >= 15 is 0 Å². The van der Waals surface area contributed by atoms with Crippen LogP contribution in [0.5, 0.6) is 5.75 Å². The third-order valence-corrected chi connectivity index (χ3v) is 11.0. The minimum absolute atomic E-state index is 0.0184. The SMILES string of the molecule is O=C(NC(Cc1ccc(O)cc1)P(=O)(O)CC1(C(=O)N[C@@H](Cc2c[nH]c3ccccc23)C(=O)O)CCCC1)OCc1ccccc1. The fraction of sp³-hybridized carbons (Fsp3) is 0.324. The Morgan fingerprint density at radius 3 is 2.26 bits per heavy atom. The first kappa shape index (κ1) is 32.8. The summed E-state index contributed by atoms with van der Waals surface area (Å²) in [5.74, 6) is -3.11. The molecule has 0 bridgehead atoms. The lowest BCUT2D eigenvalue weighted by atomic mass is 9.87. The van der Waals surface area contributed by atoms with Gasteiger partial charge in [-0.15, -0.1) is 0 Å². The van der Waals surface area contributed by atoms with E-state index in [-0.39, 0.29) is 25.2 Å². The molecule has 3 atom stereocenters. The van der Waals surface area contributed by atoms with Gasteiger partial charge in [-0.05, 0) is 47.7 Å². The Kier molecular flexibility index (Phi) is 10.1. The number of ether oxygens (including phenoxy) is 1. The molecule has 1 saturated carbocycles. The predicted octanol–water partition coefficient (Wildman–Crippen LogP) is 5.31. The molecule has 1 heterocycles. The number of aliphatic carboxylic acids is 1. The van der Waals surface area contributed by atoms with E-state index in [0.29, 0.717) is 31.2 Å². The molecule has 2 unspecified atom stereocenters. The first-order valence-corrected chi connectivity index (χ1v) is 17.1. The molecule has 4 aromatic rings. The van der Waals surface area contributed by atoms with Gasteiger partial charge in [0.15, 0.2) is 0 Å². The number of phenols is 1. The number of amides is 2. The lowest BCUT2D eigenvalue weighted by Crippen LogP contribution is -2.50. The molecular formula is C34H38N3O8P. The normalized spacial score (nSPS) is 16.6. The molecule has 0 radical (unpaired) electrons. The Morgan fingerprint density at radius 2 is 1.57 bits per heavy atom. The van der Waals surface area contributed by atoms with Gasteiger partial charge >= 0.3 is 12.1 Å². The Bertz CT molecular complexity index is 1720. The van der Waals surface area contributed by atoms with Gasteiger partial charge in [-0.25, -0.2) is 9.59 Å². The largest absolute Gasteiger partial charge is 0.508 e. The van der Waals surface area contributed by atoms with E-state index in [1.165, 1.54) is 12.1 Å². The van der Waals surface area contributed by atoms with E-state index in [1.54, 1.807) is 42.6 Å². The Hall–Kier alpha value is -4.60. The average molecular weight is 648 g/mol. The number of carboxylic acids is 1. The maximum Gasteiger partial charge on any atom is 0.408 e. The number of phenolic OH excluding ortho intramolecular Hbond substituents is 1. The summed E-state index contributed by atoms with van der Waals surface area (Å²) in [6, 6.07) is 21.2. The van der Waals surface area contributed by atoms with Crippen LogP contribution in [0.25, 0.3) is 10.9 Å². The molecular weight excluding hydrogens is 609 g/mol. The van der Waals surface area contributed by atoms with E-state index in [2.05, 4.69) is 15.6 Å². The summed E-state index contributed by atoms with van der Waals surface area (Å²) in [5, 5.41) is 25.9. The number of fused-ring (bicyclic) bond motifs is 1. The number of rotatable bonds is 13. The Balaban J connectivity index is 1.34. The maximum atomic E-state index is 14.2. The number of aromatic hydroxyl groups is 1. The second-order valence-corrected chi connectivity index (χ2v) is 14.4. The van der Waals surface area contributed by atoms with Crippen molar-refractivity contribution in [2.75, 3.05) is 6.16 Å². The Morgan fingerprint density at radius 1 is 0.891 bits per heavy atom. The second kappa shape index (κ2) is 14.2. The molecule has 1 aliphatic rings. The molecule has 1 aromatic heterocycles. The van der Waals surface area contributed by atoms with Gasteiger partial charge in [-0.2, -0.15) is 0 Å². The topological polar surface area (TPSA) is 178 Å². The Labute approximate surface area is 266 Å². The van der Waals surface area contributed by atoms with Crippen LogP contribution in [0.4, 0.5) is 4.79 Å². The molecule has 1 aliphatic carbocycles. The molecule has 3 aromatic carbocycles. The van der Waals surface area contributed by atoms with Crippen molar-refractivity contribution in [1.82, 2.24) is 15.6 Å². The number of benzene rings is 3. The van der Waals surface area contributed by atoms with Crippen LogP contribution in [0.2, 0.25) is 0 Å². The minimum atomic E-state index is -4.34. The monoisotopic (exact) mass is 647 g/mol. The highest BCUT2D eigenvalue weighted by Crippen LogP contribution is 2.55. The standard InChI is InChI=1S/C34H38N3O8P/c38-26-14-12-23(13-15-26)18-30(37-33(42)45-21-24-8-2-1-3-9-24)46(43,44)22-34(16-6-7-17-34)32(41)36-29(31(39)40)19-25-20-35-28-11-5-4-10-27(25)28/h1-5,8-15,20,29-30,35,38H,6-7,16-19,21-22H2,(H,36,41)(H,37,42)(H,39,40)(H,43,44)/t29-,30?/m0/s1. The van der Waals surface area contributed by atoms with Crippen LogP contribution in [0, 0.1) is 5.41 Å². The number of carbonyl (C=O) groups excluding carboxylic acids is 2. The summed E-state index contributed by atoms with van der Waals surface area (Å²) >= 11 is 0.